The number of anilines is 1. The Labute approximate surface area is 177 Å². The van der Waals surface area contributed by atoms with E-state index < -0.39 is 22.3 Å². The highest BCUT2D eigenvalue weighted by molar-refractivity contribution is 6.30. The molecule has 0 saturated carbocycles. The van der Waals surface area contributed by atoms with Crippen LogP contribution >= 0.6 is 11.6 Å². The van der Waals surface area contributed by atoms with Crippen LogP contribution in [0.5, 0.6) is 0 Å². The number of hydrogen-bond acceptors (Lipinski definition) is 4. The van der Waals surface area contributed by atoms with Crippen molar-refractivity contribution in [2.45, 2.75) is 13.3 Å². The van der Waals surface area contributed by atoms with E-state index in [1.807, 2.05) is 0 Å². The summed E-state index contributed by atoms with van der Waals surface area (Å²) >= 11 is 5.84. The molecule has 0 atom stereocenters. The fourth-order valence-electron chi connectivity index (χ4n) is 3.22. The minimum Gasteiger partial charge on any atom is -0.337 e. The van der Waals surface area contributed by atoms with E-state index in [0.717, 1.165) is 12.1 Å². The molecule has 2 aromatic rings. The molecule has 0 bridgehead atoms. The molecule has 158 valence electrons. The predicted octanol–water partition coefficient (Wildman–Crippen LogP) is 4.08. The van der Waals surface area contributed by atoms with E-state index in [-0.39, 0.29) is 30.2 Å². The normalized spacial score (nSPS) is 14.2. The Morgan fingerprint density at radius 2 is 1.73 bits per heavy atom. The molecule has 1 saturated heterocycles. The molecule has 3 amide bonds. The van der Waals surface area contributed by atoms with Crippen molar-refractivity contribution in [3.8, 4) is 0 Å². The molecule has 1 N–H and O–H groups in total. The zero-order valence-electron chi connectivity index (χ0n) is 16.2. The number of hydrogen-bond donors (Lipinski definition) is 1. The van der Waals surface area contributed by atoms with E-state index >= 15 is 0 Å². The zero-order valence-corrected chi connectivity index (χ0v) is 17.0. The summed E-state index contributed by atoms with van der Waals surface area (Å²) < 4.78 is 14.1. The number of benzene rings is 2. The minimum absolute atomic E-state index is 0.0798. The summed E-state index contributed by atoms with van der Waals surface area (Å²) in [6, 6.07) is 8.51. The SMILES string of the molecule is Cc1c(F)cc(C(=O)N2CCCN(C(=O)Nc3ccc(Cl)cc3)CC2)cc1[N+](=O)[O-]. The number of carbonyl (C=O) groups is 2. The quantitative estimate of drug-likeness (QED) is 0.581. The standard InChI is InChI=1S/C20H20ClFN4O4/c1-13-17(22)11-14(12-18(13)26(29)30)19(27)24-7-2-8-25(10-9-24)20(28)23-16-5-3-15(21)4-6-16/h3-6,11-12H,2,7-10H2,1H3,(H,23,28). The van der Waals surface area contributed by atoms with Crippen LogP contribution in [0.1, 0.15) is 22.3 Å². The molecule has 1 heterocycles. The second kappa shape index (κ2) is 9.08. The molecule has 30 heavy (non-hydrogen) atoms. The van der Waals surface area contributed by atoms with Crippen LogP contribution in [0.25, 0.3) is 0 Å². The molecule has 0 aromatic heterocycles. The van der Waals surface area contributed by atoms with Crippen molar-refractivity contribution < 1.29 is 18.9 Å². The Bertz CT molecular complexity index is 984. The van der Waals surface area contributed by atoms with Crippen molar-refractivity contribution in [2.24, 2.45) is 0 Å². The molecule has 1 fully saturated rings. The van der Waals surface area contributed by atoms with Gasteiger partial charge in [-0.25, -0.2) is 9.18 Å². The average Bonchev–Trinajstić information content (AvgIpc) is 2.97. The Balaban J connectivity index is 1.67. The minimum atomic E-state index is -0.800. The van der Waals surface area contributed by atoms with Crippen LogP contribution in [0.3, 0.4) is 0 Å². The van der Waals surface area contributed by atoms with Gasteiger partial charge in [-0.2, -0.15) is 0 Å². The van der Waals surface area contributed by atoms with Gasteiger partial charge in [-0.15, -0.1) is 0 Å². The predicted molar refractivity (Wildman–Crippen MR) is 110 cm³/mol. The van der Waals surface area contributed by atoms with Crippen molar-refractivity contribution in [3.63, 3.8) is 0 Å². The van der Waals surface area contributed by atoms with E-state index in [9.17, 15) is 24.1 Å². The molecule has 3 rings (SSSR count). The largest absolute Gasteiger partial charge is 0.337 e. The van der Waals surface area contributed by atoms with Crippen LogP contribution in [-0.2, 0) is 0 Å². The summed E-state index contributed by atoms with van der Waals surface area (Å²) in [4.78, 5) is 38.8. The van der Waals surface area contributed by atoms with Crippen LogP contribution in [0.2, 0.25) is 5.02 Å². The highest BCUT2D eigenvalue weighted by Gasteiger charge is 2.26. The lowest BCUT2D eigenvalue weighted by Crippen LogP contribution is -2.39. The summed E-state index contributed by atoms with van der Waals surface area (Å²) in [5.41, 5.74) is -0.0255. The van der Waals surface area contributed by atoms with Crippen LogP contribution in [0, 0.1) is 22.9 Å². The highest BCUT2D eigenvalue weighted by Crippen LogP contribution is 2.24. The number of carbonyl (C=O) groups excluding carboxylic acids is 2. The van der Waals surface area contributed by atoms with Gasteiger partial charge in [-0.3, -0.25) is 14.9 Å². The van der Waals surface area contributed by atoms with Crippen molar-refractivity contribution in [1.82, 2.24) is 9.80 Å². The summed E-state index contributed by atoms with van der Waals surface area (Å²) in [7, 11) is 0. The van der Waals surface area contributed by atoms with Crippen LogP contribution in [-0.4, -0.2) is 52.8 Å². The topological polar surface area (TPSA) is 95.8 Å². The summed E-state index contributed by atoms with van der Waals surface area (Å²) in [6.45, 7) is 2.60. The molecular formula is C20H20ClFN4O4. The number of nitro groups is 1. The molecule has 0 aliphatic carbocycles. The third kappa shape index (κ3) is 4.85. The van der Waals surface area contributed by atoms with Crippen molar-refractivity contribution in [2.75, 3.05) is 31.5 Å². The van der Waals surface area contributed by atoms with Gasteiger partial charge in [-0.05, 0) is 43.7 Å². The molecule has 2 aromatic carbocycles. The number of nitro benzene ring substituents is 1. The first-order chi connectivity index (χ1) is 14.3. The van der Waals surface area contributed by atoms with Gasteiger partial charge < -0.3 is 15.1 Å². The third-order valence-corrected chi connectivity index (χ3v) is 5.18. The van der Waals surface area contributed by atoms with Gasteiger partial charge in [-0.1, -0.05) is 11.6 Å². The van der Waals surface area contributed by atoms with Gasteiger partial charge in [0.2, 0.25) is 0 Å². The number of halogens is 2. The van der Waals surface area contributed by atoms with Crippen molar-refractivity contribution >= 4 is 34.9 Å². The van der Waals surface area contributed by atoms with Crippen molar-refractivity contribution in [3.05, 3.63) is 68.5 Å². The number of nitrogens with one attached hydrogen (secondary N) is 1. The van der Waals surface area contributed by atoms with Gasteiger partial charge in [0.1, 0.15) is 5.82 Å². The number of urea groups is 1. The molecule has 8 nitrogen and oxygen atoms in total. The fourth-order valence-corrected chi connectivity index (χ4v) is 3.35. The zero-order chi connectivity index (χ0) is 21.8. The van der Waals surface area contributed by atoms with E-state index in [1.165, 1.54) is 11.8 Å². The molecule has 1 aliphatic rings. The monoisotopic (exact) mass is 434 g/mol. The summed E-state index contributed by atoms with van der Waals surface area (Å²) in [5, 5.41) is 14.5. The van der Waals surface area contributed by atoms with E-state index in [1.54, 1.807) is 29.2 Å². The fraction of sp³-hybridized carbons (Fsp3) is 0.300. The first kappa shape index (κ1) is 21.5. The van der Waals surface area contributed by atoms with Gasteiger partial charge in [0.05, 0.1) is 10.5 Å². The first-order valence-corrected chi connectivity index (χ1v) is 9.69. The summed E-state index contributed by atoms with van der Waals surface area (Å²) in [5.74, 6) is -1.30. The van der Waals surface area contributed by atoms with Gasteiger partial charge in [0.15, 0.2) is 0 Å². The first-order valence-electron chi connectivity index (χ1n) is 9.31. The number of amides is 3. The molecular weight excluding hydrogens is 415 g/mol. The Hall–Kier alpha value is -3.20. The lowest BCUT2D eigenvalue weighted by molar-refractivity contribution is -0.385. The second-order valence-corrected chi connectivity index (χ2v) is 7.37. The lowest BCUT2D eigenvalue weighted by Gasteiger charge is -2.22. The Morgan fingerprint density at radius 1 is 1.10 bits per heavy atom. The average molecular weight is 435 g/mol. The molecule has 1 aliphatic heterocycles. The molecule has 0 spiro atoms. The molecule has 0 radical (unpaired) electrons. The van der Waals surface area contributed by atoms with E-state index in [0.29, 0.717) is 30.2 Å². The van der Waals surface area contributed by atoms with Crippen LogP contribution in [0.15, 0.2) is 36.4 Å². The lowest BCUT2D eigenvalue weighted by atomic mass is 10.1. The smallest absolute Gasteiger partial charge is 0.321 e. The second-order valence-electron chi connectivity index (χ2n) is 6.93. The maximum absolute atomic E-state index is 14.1. The highest BCUT2D eigenvalue weighted by atomic mass is 35.5. The van der Waals surface area contributed by atoms with E-state index in [2.05, 4.69) is 5.32 Å². The van der Waals surface area contributed by atoms with Crippen LogP contribution in [0.4, 0.5) is 20.6 Å². The maximum Gasteiger partial charge on any atom is 0.321 e. The van der Waals surface area contributed by atoms with Crippen molar-refractivity contribution in [1.29, 1.82) is 0 Å². The van der Waals surface area contributed by atoms with E-state index in [4.69, 9.17) is 11.6 Å². The van der Waals surface area contributed by atoms with Crippen LogP contribution < -0.4 is 5.32 Å². The number of nitrogens with zero attached hydrogens (tertiary/aromatic N) is 3. The third-order valence-electron chi connectivity index (χ3n) is 4.93. The molecule has 0 unspecified atom stereocenters. The van der Waals surface area contributed by atoms with Gasteiger partial charge in [0.25, 0.3) is 11.6 Å². The Morgan fingerprint density at radius 3 is 2.40 bits per heavy atom. The van der Waals surface area contributed by atoms with Gasteiger partial charge >= 0.3 is 6.03 Å². The molecule has 10 heteroatoms. The number of rotatable bonds is 3. The maximum atomic E-state index is 14.1. The Kier molecular flexibility index (Phi) is 6.51. The van der Waals surface area contributed by atoms with Gasteiger partial charge in [0, 0.05) is 48.5 Å². The summed E-state index contributed by atoms with van der Waals surface area (Å²) in [6.07, 6.45) is 0.524.